The van der Waals surface area contributed by atoms with Crippen LogP contribution in [0.3, 0.4) is 0 Å². The third-order valence-electron chi connectivity index (χ3n) is 3.22. The van der Waals surface area contributed by atoms with E-state index in [1.165, 1.54) is 0 Å². The quantitative estimate of drug-likeness (QED) is 0.675. The number of nitrogens with one attached hydrogen (secondary N) is 1. The van der Waals surface area contributed by atoms with Crippen LogP contribution in [0.15, 0.2) is 0 Å². The van der Waals surface area contributed by atoms with Gasteiger partial charge in [0.05, 0.1) is 6.42 Å². The van der Waals surface area contributed by atoms with Gasteiger partial charge in [0.1, 0.15) is 0 Å². The highest BCUT2D eigenvalue weighted by molar-refractivity contribution is 5.79. The van der Waals surface area contributed by atoms with E-state index in [-0.39, 0.29) is 24.3 Å². The van der Waals surface area contributed by atoms with E-state index in [4.69, 9.17) is 10.8 Å². The Labute approximate surface area is 112 Å². The molecule has 0 aliphatic carbocycles. The minimum Gasteiger partial charge on any atom is -0.481 e. The molecular weight excluding hydrogens is 250 g/mol. The van der Waals surface area contributed by atoms with Crippen molar-refractivity contribution in [3.63, 3.8) is 0 Å². The molecule has 0 saturated carbocycles. The zero-order valence-electron chi connectivity index (χ0n) is 11.3. The van der Waals surface area contributed by atoms with Crippen molar-refractivity contribution < 1.29 is 19.5 Å². The van der Waals surface area contributed by atoms with E-state index in [1.807, 2.05) is 0 Å². The Hall–Kier alpha value is -1.79. The first kappa shape index (κ1) is 15.3. The summed E-state index contributed by atoms with van der Waals surface area (Å²) in [5.41, 5.74) is 4.42. The van der Waals surface area contributed by atoms with Crippen LogP contribution in [0.25, 0.3) is 0 Å². The lowest BCUT2D eigenvalue weighted by atomic mass is 9.96. The molecule has 0 aromatic rings. The number of hydrogen-bond acceptors (Lipinski definition) is 3. The van der Waals surface area contributed by atoms with E-state index in [2.05, 4.69) is 5.32 Å². The van der Waals surface area contributed by atoms with Gasteiger partial charge in [-0.3, -0.25) is 9.59 Å². The van der Waals surface area contributed by atoms with Crippen LogP contribution in [0.1, 0.15) is 33.1 Å². The molecular formula is C12H21N3O4. The molecule has 7 heteroatoms. The first-order chi connectivity index (χ1) is 8.71. The van der Waals surface area contributed by atoms with Gasteiger partial charge in [-0.05, 0) is 26.7 Å². The Morgan fingerprint density at radius 2 is 1.84 bits per heavy atom. The topological polar surface area (TPSA) is 113 Å². The van der Waals surface area contributed by atoms with Crippen LogP contribution in [-0.2, 0) is 9.59 Å². The number of amides is 3. The van der Waals surface area contributed by atoms with Crippen molar-refractivity contribution >= 4 is 17.9 Å². The fourth-order valence-electron chi connectivity index (χ4n) is 2.16. The van der Waals surface area contributed by atoms with Gasteiger partial charge in [0.25, 0.3) is 0 Å². The number of urea groups is 1. The zero-order chi connectivity index (χ0) is 14.6. The fraction of sp³-hybridized carbons (Fsp3) is 0.750. The number of nitrogens with zero attached hydrogens (tertiary/aromatic N) is 1. The lowest BCUT2D eigenvalue weighted by molar-refractivity contribution is -0.138. The maximum atomic E-state index is 12.0. The van der Waals surface area contributed by atoms with Crippen LogP contribution in [-0.4, -0.2) is 46.5 Å². The molecule has 1 heterocycles. The van der Waals surface area contributed by atoms with Crippen molar-refractivity contribution in [2.24, 2.45) is 11.7 Å². The van der Waals surface area contributed by atoms with Crippen molar-refractivity contribution in [2.45, 2.75) is 38.6 Å². The molecule has 1 fully saturated rings. The molecule has 4 N–H and O–H groups in total. The van der Waals surface area contributed by atoms with Crippen molar-refractivity contribution in [3.8, 4) is 0 Å². The molecule has 1 rings (SSSR count). The van der Waals surface area contributed by atoms with Crippen molar-refractivity contribution in [1.82, 2.24) is 10.2 Å². The Balaban J connectivity index is 2.47. The molecule has 0 radical (unpaired) electrons. The summed E-state index contributed by atoms with van der Waals surface area (Å²) < 4.78 is 0. The Morgan fingerprint density at radius 1 is 1.32 bits per heavy atom. The van der Waals surface area contributed by atoms with Crippen LogP contribution in [0.5, 0.6) is 0 Å². The van der Waals surface area contributed by atoms with Crippen LogP contribution in [0, 0.1) is 5.92 Å². The molecule has 1 aliphatic rings. The SMILES string of the molecule is CC(C)(CC(=O)O)NC(=O)N1CCC(C(N)=O)CC1. The molecule has 0 bridgehead atoms. The highest BCUT2D eigenvalue weighted by Crippen LogP contribution is 2.17. The summed E-state index contributed by atoms with van der Waals surface area (Å²) in [6.45, 7) is 4.25. The number of piperidine rings is 1. The molecule has 1 aliphatic heterocycles. The van der Waals surface area contributed by atoms with Gasteiger partial charge in [0.2, 0.25) is 5.91 Å². The number of aliphatic carboxylic acids is 1. The van der Waals surface area contributed by atoms with Gasteiger partial charge in [-0.15, -0.1) is 0 Å². The molecule has 19 heavy (non-hydrogen) atoms. The van der Waals surface area contributed by atoms with E-state index in [9.17, 15) is 14.4 Å². The van der Waals surface area contributed by atoms with Crippen LogP contribution >= 0.6 is 0 Å². The molecule has 3 amide bonds. The van der Waals surface area contributed by atoms with Crippen LogP contribution < -0.4 is 11.1 Å². The molecule has 0 spiro atoms. The van der Waals surface area contributed by atoms with Gasteiger partial charge in [-0.1, -0.05) is 0 Å². The van der Waals surface area contributed by atoms with Gasteiger partial charge in [-0.2, -0.15) is 0 Å². The number of primary amides is 1. The second-order valence-corrected chi connectivity index (χ2v) is 5.55. The average molecular weight is 271 g/mol. The maximum Gasteiger partial charge on any atom is 0.317 e. The van der Waals surface area contributed by atoms with E-state index >= 15 is 0 Å². The molecule has 0 aromatic heterocycles. The second kappa shape index (κ2) is 5.90. The van der Waals surface area contributed by atoms with Gasteiger partial charge >= 0.3 is 12.0 Å². The number of carboxylic acids is 1. The van der Waals surface area contributed by atoms with Gasteiger partial charge in [-0.25, -0.2) is 4.79 Å². The predicted octanol–water partition coefficient (Wildman–Crippen LogP) is 0.147. The third-order valence-corrected chi connectivity index (χ3v) is 3.22. The number of likely N-dealkylation sites (tertiary alicyclic amines) is 1. The lowest BCUT2D eigenvalue weighted by Gasteiger charge is -2.34. The number of hydrogen-bond donors (Lipinski definition) is 3. The first-order valence-electron chi connectivity index (χ1n) is 6.29. The second-order valence-electron chi connectivity index (χ2n) is 5.55. The summed E-state index contributed by atoms with van der Waals surface area (Å²) in [7, 11) is 0. The Morgan fingerprint density at radius 3 is 2.26 bits per heavy atom. The van der Waals surface area contributed by atoms with Gasteiger partial charge in [0.15, 0.2) is 0 Å². The van der Waals surface area contributed by atoms with Crippen LogP contribution in [0.4, 0.5) is 4.79 Å². The summed E-state index contributed by atoms with van der Waals surface area (Å²) in [5.74, 6) is -1.46. The maximum absolute atomic E-state index is 12.0. The number of rotatable bonds is 4. The van der Waals surface area contributed by atoms with Crippen molar-refractivity contribution in [3.05, 3.63) is 0 Å². The zero-order valence-corrected chi connectivity index (χ0v) is 11.3. The molecule has 0 aromatic carbocycles. The standard InChI is InChI=1S/C12H21N3O4/c1-12(2,7-9(16)17)14-11(19)15-5-3-8(4-6-15)10(13)18/h8H,3-7H2,1-2H3,(H2,13,18)(H,14,19)(H,16,17). The Bertz CT molecular complexity index is 373. The normalized spacial score (nSPS) is 17.1. The highest BCUT2D eigenvalue weighted by atomic mass is 16.4. The summed E-state index contributed by atoms with van der Waals surface area (Å²) in [6, 6.07) is -0.297. The van der Waals surface area contributed by atoms with E-state index < -0.39 is 11.5 Å². The number of nitrogens with two attached hydrogens (primary N) is 1. The summed E-state index contributed by atoms with van der Waals surface area (Å²) in [6.07, 6.45) is 0.973. The highest BCUT2D eigenvalue weighted by Gasteiger charge is 2.29. The van der Waals surface area contributed by atoms with Gasteiger partial charge < -0.3 is 21.1 Å². The molecule has 108 valence electrons. The van der Waals surface area contributed by atoms with Crippen molar-refractivity contribution in [2.75, 3.05) is 13.1 Å². The summed E-state index contributed by atoms with van der Waals surface area (Å²) in [5, 5.41) is 11.4. The predicted molar refractivity (Wildman–Crippen MR) is 68.4 cm³/mol. The molecule has 0 unspecified atom stereocenters. The third kappa shape index (κ3) is 4.76. The molecule has 7 nitrogen and oxygen atoms in total. The summed E-state index contributed by atoms with van der Waals surface area (Å²) in [4.78, 5) is 35.3. The fourth-order valence-corrected chi connectivity index (χ4v) is 2.16. The van der Waals surface area contributed by atoms with Gasteiger partial charge in [0, 0.05) is 24.5 Å². The van der Waals surface area contributed by atoms with E-state index in [0.29, 0.717) is 25.9 Å². The number of carbonyl (C=O) groups excluding carboxylic acids is 2. The smallest absolute Gasteiger partial charge is 0.317 e. The summed E-state index contributed by atoms with van der Waals surface area (Å²) >= 11 is 0. The Kier molecular flexibility index (Phi) is 4.74. The molecule has 0 atom stereocenters. The first-order valence-corrected chi connectivity index (χ1v) is 6.29. The number of carbonyl (C=O) groups is 3. The minimum absolute atomic E-state index is 0.142. The van der Waals surface area contributed by atoms with Crippen molar-refractivity contribution in [1.29, 1.82) is 0 Å². The average Bonchev–Trinajstić information content (AvgIpc) is 2.26. The lowest BCUT2D eigenvalue weighted by Crippen LogP contribution is -2.53. The molecule has 1 saturated heterocycles. The van der Waals surface area contributed by atoms with Crippen LogP contribution in [0.2, 0.25) is 0 Å². The number of carboxylic acid groups (broad SMARTS) is 1. The van der Waals surface area contributed by atoms with E-state index in [1.54, 1.807) is 18.7 Å². The minimum atomic E-state index is -0.960. The monoisotopic (exact) mass is 271 g/mol. The largest absolute Gasteiger partial charge is 0.481 e. The van der Waals surface area contributed by atoms with E-state index in [0.717, 1.165) is 0 Å².